The Bertz CT molecular complexity index is 2950. The number of aryl methyl sites for hydroxylation is 1. The van der Waals surface area contributed by atoms with E-state index in [0.29, 0.717) is 42.2 Å². The largest absolute Gasteiger partial charge is 0.377 e. The summed E-state index contributed by atoms with van der Waals surface area (Å²) >= 11 is 1.84. The number of primary amides is 2. The monoisotopic (exact) mass is 1290 g/mol. The van der Waals surface area contributed by atoms with Crippen molar-refractivity contribution in [2.45, 2.75) is 164 Å². The lowest BCUT2D eigenvalue weighted by molar-refractivity contribution is -0.136. The van der Waals surface area contributed by atoms with Gasteiger partial charge in [-0.15, -0.1) is 5.10 Å². The van der Waals surface area contributed by atoms with Crippen molar-refractivity contribution in [1.29, 1.82) is 0 Å². The number of amides is 12. The summed E-state index contributed by atoms with van der Waals surface area (Å²) in [5, 5.41) is 35.6. The van der Waals surface area contributed by atoms with Gasteiger partial charge in [-0.1, -0.05) is 67.9 Å². The zero-order chi connectivity index (χ0) is 65.8. The van der Waals surface area contributed by atoms with E-state index in [1.54, 1.807) is 44.2 Å². The number of ether oxygens (including phenoxy) is 3. The van der Waals surface area contributed by atoms with Crippen molar-refractivity contribution in [2.75, 3.05) is 51.9 Å². The fourth-order valence-electron chi connectivity index (χ4n) is 10.3. The number of hydrogen-bond donors (Lipinski definition) is 12. The van der Waals surface area contributed by atoms with Gasteiger partial charge in [0.25, 0.3) is 0 Å². The molecule has 1 aromatic heterocycles. The number of benzene rings is 2. The van der Waals surface area contributed by atoms with E-state index < -0.39 is 114 Å². The van der Waals surface area contributed by atoms with Gasteiger partial charge in [0.15, 0.2) is 0 Å². The fraction of sp³-hybridized carbons (Fsp3) is 0.583. The molecule has 0 unspecified atom stereocenters. The van der Waals surface area contributed by atoms with Gasteiger partial charge in [0.1, 0.15) is 54.7 Å². The van der Waals surface area contributed by atoms with Crippen molar-refractivity contribution in [3.05, 3.63) is 83.4 Å². The first kappa shape index (κ1) is 71.8. The van der Waals surface area contributed by atoms with Crippen LogP contribution in [0.15, 0.2) is 60.8 Å². The summed E-state index contributed by atoms with van der Waals surface area (Å²) < 4.78 is 32.1. The number of rotatable bonds is 26. The molecule has 498 valence electrons. The van der Waals surface area contributed by atoms with Crippen molar-refractivity contribution in [3.8, 4) is 0 Å². The molecule has 6 rings (SSSR count). The average Bonchev–Trinajstić information content (AvgIpc) is 2.68. The molecule has 12 amide bonds. The molecule has 0 aliphatic carbocycles. The topological polar surface area (TPSA) is 419 Å². The number of nitrogens with zero attached hydrogens (tertiary/aromatic N) is 3. The van der Waals surface area contributed by atoms with Crippen LogP contribution in [0.2, 0.25) is 0 Å². The number of urea groups is 1. The molecule has 0 saturated carbocycles. The molecule has 3 aliphatic heterocycles. The highest BCUT2D eigenvalue weighted by atomic mass is 32.2. The molecular weight excluding hydrogens is 1210 g/mol. The first-order valence-electron chi connectivity index (χ1n) is 30.7. The third-order valence-electron chi connectivity index (χ3n) is 15.1. The highest BCUT2D eigenvalue weighted by molar-refractivity contribution is 8.00. The molecule has 2 saturated heterocycles. The van der Waals surface area contributed by atoms with Crippen LogP contribution in [0.1, 0.15) is 95.4 Å². The molecule has 0 spiro atoms. The van der Waals surface area contributed by atoms with Crippen LogP contribution in [0, 0.1) is 11.7 Å². The molecule has 3 aliphatic rings. The minimum Gasteiger partial charge on any atom is -0.377 e. The lowest BCUT2D eigenvalue weighted by atomic mass is 10.00. The molecule has 3 aromatic rings. The van der Waals surface area contributed by atoms with Crippen molar-refractivity contribution >= 4 is 76.9 Å². The van der Waals surface area contributed by atoms with Crippen LogP contribution in [-0.4, -0.2) is 192 Å². The van der Waals surface area contributed by atoms with Gasteiger partial charge in [0, 0.05) is 56.0 Å². The molecule has 29 nitrogen and oxygen atoms in total. The number of nitrogens with two attached hydrogens (primary N) is 2. The van der Waals surface area contributed by atoms with Crippen LogP contribution in [0.4, 0.5) is 9.18 Å². The van der Waals surface area contributed by atoms with E-state index in [0.717, 1.165) is 25.0 Å². The maximum Gasteiger partial charge on any atom is 0.315 e. The Morgan fingerprint density at radius 1 is 0.703 bits per heavy atom. The second kappa shape index (κ2) is 37.1. The number of fused-ring (bicyclic) bond motifs is 3. The summed E-state index contributed by atoms with van der Waals surface area (Å²) in [6, 6.07) is 4.08. The molecular formula is C60H86FN15O14S. The zero-order valence-corrected chi connectivity index (χ0v) is 52.3. The second-order valence-corrected chi connectivity index (χ2v) is 24.3. The summed E-state index contributed by atoms with van der Waals surface area (Å²) in [5.74, 6) is -7.93. The van der Waals surface area contributed by atoms with E-state index >= 15 is 0 Å². The summed E-state index contributed by atoms with van der Waals surface area (Å²) in [4.78, 5) is 148. The highest BCUT2D eigenvalue weighted by Gasteiger charge is 2.43. The van der Waals surface area contributed by atoms with Gasteiger partial charge in [-0.2, -0.15) is 11.8 Å². The van der Waals surface area contributed by atoms with Crippen LogP contribution in [0.25, 0.3) is 0 Å². The number of nitrogens with one attached hydrogen (secondary N) is 10. The Kier molecular flexibility index (Phi) is 29.3. The average molecular weight is 1290 g/mol. The number of halogens is 1. The summed E-state index contributed by atoms with van der Waals surface area (Å²) in [7, 11) is 0. The van der Waals surface area contributed by atoms with Gasteiger partial charge in [-0.3, -0.25) is 52.6 Å². The summed E-state index contributed by atoms with van der Waals surface area (Å²) in [6.07, 6.45) is 3.79. The Morgan fingerprint density at radius 2 is 1.33 bits per heavy atom. The summed E-state index contributed by atoms with van der Waals surface area (Å²) in [6.45, 7) is 5.57. The Morgan fingerprint density at radius 3 is 2.02 bits per heavy atom. The Balaban J connectivity index is 1.09. The first-order chi connectivity index (χ1) is 43.6. The third kappa shape index (κ3) is 25.1. The van der Waals surface area contributed by atoms with E-state index in [9.17, 15) is 57.1 Å². The molecule has 91 heavy (non-hydrogen) atoms. The number of carbonyl (C=O) groups excluding carboxylic acids is 11. The first-order valence-corrected chi connectivity index (χ1v) is 31.7. The quantitative estimate of drug-likeness (QED) is 0.0316. The van der Waals surface area contributed by atoms with Crippen LogP contribution in [0.5, 0.6) is 0 Å². The molecule has 14 N–H and O–H groups in total. The number of thioether (sulfide) groups is 1. The fourth-order valence-corrected chi connectivity index (χ4v) is 11.9. The van der Waals surface area contributed by atoms with Crippen LogP contribution in [-0.2, 0) is 88.0 Å². The van der Waals surface area contributed by atoms with E-state index in [4.69, 9.17) is 25.7 Å². The molecule has 2 fully saturated rings. The van der Waals surface area contributed by atoms with E-state index in [1.165, 1.54) is 42.1 Å². The normalized spacial score (nSPS) is 24.0. The molecule has 4 heterocycles. The molecule has 2 aromatic carbocycles. The lowest BCUT2D eigenvalue weighted by Crippen LogP contribution is -2.60. The third-order valence-corrected chi connectivity index (χ3v) is 16.6. The maximum absolute atomic E-state index is 14.4. The van der Waals surface area contributed by atoms with Crippen molar-refractivity contribution in [3.63, 3.8) is 0 Å². The van der Waals surface area contributed by atoms with Crippen molar-refractivity contribution in [2.24, 2.45) is 17.4 Å². The number of unbranched alkanes of at least 4 members (excludes halogenated alkanes) is 1. The summed E-state index contributed by atoms with van der Waals surface area (Å²) in [5.41, 5.74) is 12.6. The minimum absolute atomic E-state index is 0.0125. The predicted molar refractivity (Wildman–Crippen MR) is 329 cm³/mol. The van der Waals surface area contributed by atoms with Gasteiger partial charge in [0.2, 0.25) is 59.1 Å². The molecule has 2 bridgehead atoms. The van der Waals surface area contributed by atoms with Gasteiger partial charge in [-0.25, -0.2) is 9.18 Å². The SMILES string of the molecule is CC(C)C[C@H]1NC(=O)[C@@H](CC(N)=O)NC(=O)[C@@H](NC(=O)COCCOCCOCCNC(=O)CCCC[C@H]2SC[C@H]3NC(=O)N[C@H]32)Cc2cn(nn2)CCCC[C@@H](C(N)=O)NC(=O)[C@H](Cc2ccc(F)cc2)NC(=O)[C@@H](C)NC(=O)[C@@H](Cc2ccccc2)NC1=O. The predicted octanol–water partition coefficient (Wildman–Crippen LogP) is -1.66. The van der Waals surface area contributed by atoms with Crippen LogP contribution < -0.4 is 64.6 Å². The number of hydrogen-bond acceptors (Lipinski definition) is 17. The van der Waals surface area contributed by atoms with E-state index in [-0.39, 0.29) is 107 Å². The van der Waals surface area contributed by atoms with E-state index in [1.807, 2.05) is 11.8 Å². The van der Waals surface area contributed by atoms with Gasteiger partial charge in [0.05, 0.1) is 57.2 Å². The van der Waals surface area contributed by atoms with Gasteiger partial charge >= 0.3 is 6.03 Å². The van der Waals surface area contributed by atoms with Crippen LogP contribution in [0.3, 0.4) is 0 Å². The molecule has 0 radical (unpaired) electrons. The highest BCUT2D eigenvalue weighted by Crippen LogP contribution is 2.33. The maximum atomic E-state index is 14.4. The smallest absolute Gasteiger partial charge is 0.315 e. The molecule has 31 heteroatoms. The van der Waals surface area contributed by atoms with Crippen LogP contribution >= 0.6 is 11.8 Å². The standard InChI is InChI=1S/C60H86FN15O14S/c1-35(2)27-42-56(83)70-43(28-37-11-5-4-6-12-37)55(82)65-36(3)54(81)68-44(29-38-16-18-39(61)19-17-38)57(84)67-41(53(63)80)13-9-10-21-76-32-40(74-75-76)30-45(58(85)71-46(31-49(62)77)59(86)69-42)66-51(79)33-90-26-25-89-24-23-88-22-20-64-50(78)15-8-7-14-48-52-47(34-91-48)72-60(87)73-52/h4-6,11-12,16-19,32,35-36,41-48,52H,7-10,13-15,20-31,33-34H2,1-3H3,(H2,62,77)(H2,63,80)(H,64,78)(H,65,82)(H,66,79)(H,67,84)(H,68,81)(H,69,86)(H,70,83)(H,71,85)(H2,72,73,87)/t36-,41+,42-,43-,44+,45+,46-,47-,48-,52-/m1/s1. The minimum atomic E-state index is -1.70. The number of aromatic nitrogens is 3. The molecule has 10 atom stereocenters. The van der Waals surface area contributed by atoms with Gasteiger partial charge in [-0.05, 0) is 74.6 Å². The Labute approximate surface area is 531 Å². The lowest BCUT2D eigenvalue weighted by Gasteiger charge is -2.27. The van der Waals surface area contributed by atoms with Crippen molar-refractivity contribution in [1.82, 2.24) is 68.2 Å². The Hall–Kier alpha value is -8.29. The number of carbonyl (C=O) groups is 11. The zero-order valence-electron chi connectivity index (χ0n) is 51.5. The van der Waals surface area contributed by atoms with E-state index in [2.05, 4.69) is 63.5 Å². The van der Waals surface area contributed by atoms with Crippen molar-refractivity contribution < 1.29 is 71.3 Å². The van der Waals surface area contributed by atoms with Gasteiger partial charge < -0.3 is 78.8 Å². The second-order valence-electron chi connectivity index (χ2n) is 23.0.